The molecule has 0 radical (unpaired) electrons. The van der Waals surface area contributed by atoms with Crippen LogP contribution < -0.4 is 0 Å². The number of rotatable bonds is 1. The molecule has 2 heteroatoms. The Balaban J connectivity index is 2.90. The summed E-state index contributed by atoms with van der Waals surface area (Å²) in [5, 5.41) is 0. The first-order valence-electron chi connectivity index (χ1n) is 4.37. The lowest BCUT2D eigenvalue weighted by Crippen LogP contribution is -2.04. The van der Waals surface area contributed by atoms with Crippen molar-refractivity contribution in [2.24, 2.45) is 0 Å². The maximum atomic E-state index is 5.98. The van der Waals surface area contributed by atoms with E-state index in [2.05, 4.69) is 30.2 Å². The summed E-state index contributed by atoms with van der Waals surface area (Å²) in [6, 6.07) is 8.15. The molecule has 0 nitrogen and oxygen atoms in total. The van der Waals surface area contributed by atoms with Gasteiger partial charge >= 0.3 is 0 Å². The van der Waals surface area contributed by atoms with Crippen LogP contribution in [0.2, 0.25) is 0 Å². The normalized spacial score (nSPS) is 10.6. The van der Waals surface area contributed by atoms with E-state index >= 15 is 0 Å². The van der Waals surface area contributed by atoms with Crippen molar-refractivity contribution in [1.82, 2.24) is 0 Å². The highest BCUT2D eigenvalue weighted by Crippen LogP contribution is 2.16. The molecule has 0 aromatic heterocycles. The van der Waals surface area contributed by atoms with Gasteiger partial charge in [0.1, 0.15) is 0 Å². The smallest absolute Gasteiger partial charge is 0.0997 e. The van der Waals surface area contributed by atoms with E-state index in [-0.39, 0.29) is 0 Å². The average molecular weight is 225 g/mol. The molecule has 0 aliphatic heterocycles. The van der Waals surface area contributed by atoms with Crippen LogP contribution in [-0.2, 0) is 0 Å². The summed E-state index contributed by atoms with van der Waals surface area (Å²) >= 11 is 7.69. The van der Waals surface area contributed by atoms with Crippen molar-refractivity contribution in [3.05, 3.63) is 29.8 Å². The molecule has 1 aromatic carbocycles. The average Bonchev–Trinajstić information content (AvgIpc) is 2.14. The van der Waals surface area contributed by atoms with Crippen molar-refractivity contribution >= 4 is 23.4 Å². The van der Waals surface area contributed by atoms with Crippen molar-refractivity contribution in [3.63, 3.8) is 0 Å². The summed E-state index contributed by atoms with van der Waals surface area (Å²) in [5.74, 6) is 6.06. The lowest BCUT2D eigenvalue weighted by atomic mass is 10.1. The number of halogens is 1. The first-order chi connectivity index (χ1) is 6.51. The van der Waals surface area contributed by atoms with Crippen LogP contribution in [0.3, 0.4) is 0 Å². The summed E-state index contributed by atoms with van der Waals surface area (Å²) < 4.78 is 0. The van der Waals surface area contributed by atoms with Gasteiger partial charge in [0.2, 0.25) is 0 Å². The molecular weight excluding hydrogens is 212 g/mol. The van der Waals surface area contributed by atoms with Gasteiger partial charge in [0.05, 0.1) is 4.87 Å². The standard InChI is InChI=1S/C12H13ClS/c1-12(2,13)8-7-10-5-4-6-11(9-10)14-3/h4-6,9H,1-3H3. The Morgan fingerprint density at radius 1 is 1.36 bits per heavy atom. The monoisotopic (exact) mass is 224 g/mol. The Hall–Kier alpha value is -0.580. The molecule has 0 heterocycles. The summed E-state index contributed by atoms with van der Waals surface area (Å²) in [5.41, 5.74) is 1.02. The maximum absolute atomic E-state index is 5.98. The van der Waals surface area contributed by atoms with Gasteiger partial charge in [0, 0.05) is 10.5 Å². The van der Waals surface area contributed by atoms with Crippen LogP contribution in [0.1, 0.15) is 19.4 Å². The minimum Gasteiger partial charge on any atom is -0.130 e. The third kappa shape index (κ3) is 4.09. The summed E-state index contributed by atoms with van der Waals surface area (Å²) in [6.07, 6.45) is 2.05. The highest BCUT2D eigenvalue weighted by atomic mass is 35.5. The number of thioether (sulfide) groups is 1. The molecule has 0 saturated carbocycles. The van der Waals surface area contributed by atoms with Crippen molar-refractivity contribution < 1.29 is 0 Å². The van der Waals surface area contributed by atoms with Gasteiger partial charge < -0.3 is 0 Å². The van der Waals surface area contributed by atoms with Gasteiger partial charge in [0.25, 0.3) is 0 Å². The van der Waals surface area contributed by atoms with E-state index in [1.165, 1.54) is 4.90 Å². The van der Waals surface area contributed by atoms with Gasteiger partial charge in [-0.2, -0.15) is 0 Å². The van der Waals surface area contributed by atoms with Gasteiger partial charge in [-0.3, -0.25) is 0 Å². The highest BCUT2D eigenvalue weighted by Gasteiger charge is 2.06. The SMILES string of the molecule is CSc1cccc(C#CC(C)(C)Cl)c1. The molecule has 74 valence electrons. The third-order valence-electron chi connectivity index (χ3n) is 1.57. The van der Waals surface area contributed by atoms with Crippen molar-refractivity contribution in [3.8, 4) is 11.8 Å². The van der Waals surface area contributed by atoms with Crippen LogP contribution >= 0.6 is 23.4 Å². The number of hydrogen-bond donors (Lipinski definition) is 0. The van der Waals surface area contributed by atoms with E-state index in [1.54, 1.807) is 11.8 Å². The van der Waals surface area contributed by atoms with Gasteiger partial charge in [-0.25, -0.2) is 0 Å². The Bertz CT molecular complexity index is 366. The first kappa shape index (κ1) is 11.5. The fourth-order valence-electron chi connectivity index (χ4n) is 0.922. The van der Waals surface area contributed by atoms with Gasteiger partial charge in [-0.15, -0.1) is 23.4 Å². The number of hydrogen-bond acceptors (Lipinski definition) is 1. The van der Waals surface area contributed by atoms with Gasteiger partial charge in [0.15, 0.2) is 0 Å². The summed E-state index contributed by atoms with van der Waals surface area (Å²) in [6.45, 7) is 3.78. The largest absolute Gasteiger partial charge is 0.130 e. The fraction of sp³-hybridized carbons (Fsp3) is 0.333. The summed E-state index contributed by atoms with van der Waals surface area (Å²) in [7, 11) is 0. The molecule has 1 aromatic rings. The van der Waals surface area contributed by atoms with Crippen LogP contribution in [0.15, 0.2) is 29.2 Å². The van der Waals surface area contributed by atoms with E-state index in [4.69, 9.17) is 11.6 Å². The molecule has 0 bridgehead atoms. The van der Waals surface area contributed by atoms with E-state index in [0.29, 0.717) is 0 Å². The Labute approximate surface area is 95.0 Å². The fourth-order valence-corrected chi connectivity index (χ4v) is 1.43. The quantitative estimate of drug-likeness (QED) is 0.398. The third-order valence-corrected chi connectivity index (χ3v) is 2.39. The second kappa shape index (κ2) is 4.77. The molecule has 0 aliphatic carbocycles. The molecule has 0 saturated heterocycles. The second-order valence-electron chi connectivity index (χ2n) is 3.45. The molecule has 0 fully saturated rings. The van der Waals surface area contributed by atoms with E-state index in [0.717, 1.165) is 5.56 Å². The topological polar surface area (TPSA) is 0 Å². The zero-order valence-corrected chi connectivity index (χ0v) is 10.2. The molecule has 14 heavy (non-hydrogen) atoms. The molecule has 0 amide bonds. The zero-order valence-electron chi connectivity index (χ0n) is 8.60. The van der Waals surface area contributed by atoms with E-state index < -0.39 is 4.87 Å². The number of benzene rings is 1. The Kier molecular flexibility index (Phi) is 3.92. The molecule has 0 spiro atoms. The first-order valence-corrected chi connectivity index (χ1v) is 5.98. The van der Waals surface area contributed by atoms with Crippen LogP contribution in [-0.4, -0.2) is 11.1 Å². The molecule has 0 atom stereocenters. The number of alkyl halides is 1. The van der Waals surface area contributed by atoms with Crippen LogP contribution in [0.4, 0.5) is 0 Å². The minimum atomic E-state index is -0.449. The molecule has 0 N–H and O–H groups in total. The molecule has 0 unspecified atom stereocenters. The highest BCUT2D eigenvalue weighted by molar-refractivity contribution is 7.98. The Morgan fingerprint density at radius 3 is 2.64 bits per heavy atom. The van der Waals surface area contributed by atoms with Crippen LogP contribution in [0.5, 0.6) is 0 Å². The maximum Gasteiger partial charge on any atom is 0.0997 e. The van der Waals surface area contributed by atoms with Crippen molar-refractivity contribution in [1.29, 1.82) is 0 Å². The zero-order chi connectivity index (χ0) is 10.6. The molecule has 0 aliphatic rings. The van der Waals surface area contributed by atoms with E-state index in [9.17, 15) is 0 Å². The lowest BCUT2D eigenvalue weighted by molar-refractivity contribution is 0.917. The summed E-state index contributed by atoms with van der Waals surface area (Å²) in [4.78, 5) is 0.777. The second-order valence-corrected chi connectivity index (χ2v) is 5.28. The molecule has 1 rings (SSSR count). The van der Waals surface area contributed by atoms with Gasteiger partial charge in [-0.05, 0) is 38.3 Å². The van der Waals surface area contributed by atoms with Crippen molar-refractivity contribution in [2.45, 2.75) is 23.6 Å². The minimum absolute atomic E-state index is 0.449. The molecular formula is C12H13ClS. The van der Waals surface area contributed by atoms with Crippen molar-refractivity contribution in [2.75, 3.05) is 6.26 Å². The van der Waals surface area contributed by atoms with Crippen LogP contribution in [0, 0.1) is 11.8 Å². The van der Waals surface area contributed by atoms with Crippen LogP contribution in [0.25, 0.3) is 0 Å². The van der Waals surface area contributed by atoms with Gasteiger partial charge in [-0.1, -0.05) is 17.9 Å². The predicted octanol–water partition coefficient (Wildman–Crippen LogP) is 3.78. The lowest BCUT2D eigenvalue weighted by Gasteiger charge is -2.03. The predicted molar refractivity (Wildman–Crippen MR) is 65.0 cm³/mol. The van der Waals surface area contributed by atoms with E-state index in [1.807, 2.05) is 26.0 Å². The Morgan fingerprint density at radius 2 is 2.07 bits per heavy atom.